The quantitative estimate of drug-likeness (QED) is 0.305. The van der Waals surface area contributed by atoms with Gasteiger partial charge in [-0.3, -0.25) is 14.4 Å². The fourth-order valence-corrected chi connectivity index (χ4v) is 5.79. The number of piperazine rings is 1. The molecule has 0 aliphatic carbocycles. The first-order chi connectivity index (χ1) is 20.4. The van der Waals surface area contributed by atoms with Crippen molar-refractivity contribution in [2.45, 2.75) is 24.9 Å². The van der Waals surface area contributed by atoms with Crippen molar-refractivity contribution in [3.05, 3.63) is 100 Å². The summed E-state index contributed by atoms with van der Waals surface area (Å²) in [6.45, 7) is 3.52. The summed E-state index contributed by atoms with van der Waals surface area (Å²) >= 11 is 6.10. The Bertz CT molecular complexity index is 1410. The molecule has 1 saturated heterocycles. The van der Waals surface area contributed by atoms with Crippen LogP contribution in [0.2, 0.25) is 5.02 Å². The molecule has 2 aliphatic rings. The Kier molecular flexibility index (Phi) is 9.74. The Labute approximate surface area is 251 Å². The van der Waals surface area contributed by atoms with Crippen molar-refractivity contribution < 1.29 is 14.4 Å². The van der Waals surface area contributed by atoms with E-state index in [1.165, 1.54) is 0 Å². The molecule has 2 atom stereocenters. The van der Waals surface area contributed by atoms with Crippen molar-refractivity contribution >= 4 is 35.0 Å². The van der Waals surface area contributed by atoms with E-state index in [4.69, 9.17) is 17.3 Å². The molecule has 3 amide bonds. The molecule has 1 unspecified atom stereocenters. The van der Waals surface area contributed by atoms with Crippen LogP contribution in [0.1, 0.15) is 33.1 Å². The molecule has 220 valence electrons. The molecule has 0 aromatic heterocycles. The monoisotopic (exact) mass is 588 g/mol. The zero-order valence-electron chi connectivity index (χ0n) is 23.5. The number of hydrogen-bond acceptors (Lipinski definition) is 6. The first-order valence-corrected chi connectivity index (χ1v) is 14.8. The van der Waals surface area contributed by atoms with Gasteiger partial charge in [0.2, 0.25) is 11.8 Å². The van der Waals surface area contributed by atoms with Crippen LogP contribution in [0.15, 0.2) is 72.8 Å². The summed E-state index contributed by atoms with van der Waals surface area (Å²) in [4.78, 5) is 44.2. The number of benzene rings is 3. The molecule has 3 aromatic carbocycles. The second kappa shape index (κ2) is 13.8. The third kappa shape index (κ3) is 6.92. The fourth-order valence-electron chi connectivity index (χ4n) is 5.66. The summed E-state index contributed by atoms with van der Waals surface area (Å²) < 4.78 is 0. The Balaban J connectivity index is 1.30. The van der Waals surface area contributed by atoms with Crippen LogP contribution >= 0.6 is 11.6 Å². The molecule has 1 fully saturated rings. The number of fused-ring (bicyclic) bond motifs is 1. The summed E-state index contributed by atoms with van der Waals surface area (Å²) in [5.74, 6) is -0.514. The topological polar surface area (TPSA) is 120 Å². The van der Waals surface area contributed by atoms with Crippen LogP contribution in [-0.2, 0) is 22.4 Å². The van der Waals surface area contributed by atoms with Crippen molar-refractivity contribution in [2.24, 2.45) is 5.73 Å². The average molecular weight is 589 g/mol. The number of rotatable bonds is 9. The number of nitrogens with two attached hydrogens (primary N) is 1. The number of halogens is 1. The molecule has 0 bridgehead atoms. The fraction of sp³-hybridized carbons (Fsp3) is 0.344. The number of para-hydroxylation sites is 1. The number of anilines is 1. The van der Waals surface area contributed by atoms with Gasteiger partial charge in [0.25, 0.3) is 5.91 Å². The summed E-state index contributed by atoms with van der Waals surface area (Å²) in [5.41, 5.74) is 9.96. The molecule has 3 aromatic rings. The van der Waals surface area contributed by atoms with Gasteiger partial charge in [0, 0.05) is 62.9 Å². The molecule has 0 saturated carbocycles. The molecule has 10 heteroatoms. The number of amides is 3. The van der Waals surface area contributed by atoms with Crippen LogP contribution in [0.5, 0.6) is 0 Å². The second-order valence-electron chi connectivity index (χ2n) is 10.6. The van der Waals surface area contributed by atoms with E-state index in [0.29, 0.717) is 62.8 Å². The molecule has 2 aliphatic heterocycles. The van der Waals surface area contributed by atoms with Gasteiger partial charge in [-0.05, 0) is 47.4 Å². The largest absolute Gasteiger partial charge is 0.367 e. The lowest BCUT2D eigenvalue weighted by molar-refractivity contribution is -0.137. The highest BCUT2D eigenvalue weighted by Gasteiger charge is 2.33. The molecule has 42 heavy (non-hydrogen) atoms. The molecular formula is C32H37ClN6O3. The van der Waals surface area contributed by atoms with Gasteiger partial charge in [0.15, 0.2) is 0 Å². The number of hydrogen-bond donors (Lipinski definition) is 4. The van der Waals surface area contributed by atoms with Gasteiger partial charge >= 0.3 is 0 Å². The minimum atomic E-state index is -0.740. The van der Waals surface area contributed by atoms with Gasteiger partial charge in [-0.25, -0.2) is 0 Å². The molecule has 5 rings (SSSR count). The molecular weight excluding hydrogens is 552 g/mol. The maximum Gasteiger partial charge on any atom is 0.253 e. The van der Waals surface area contributed by atoms with E-state index < -0.39 is 12.1 Å². The minimum Gasteiger partial charge on any atom is -0.367 e. The Morgan fingerprint density at radius 2 is 1.67 bits per heavy atom. The predicted octanol–water partition coefficient (Wildman–Crippen LogP) is 2.29. The van der Waals surface area contributed by atoms with Crippen molar-refractivity contribution in [1.29, 1.82) is 0 Å². The molecule has 0 spiro atoms. The highest BCUT2D eigenvalue weighted by Crippen LogP contribution is 2.25. The predicted molar refractivity (Wildman–Crippen MR) is 165 cm³/mol. The highest BCUT2D eigenvalue weighted by atomic mass is 35.5. The van der Waals surface area contributed by atoms with Crippen molar-refractivity contribution in [3.8, 4) is 0 Å². The van der Waals surface area contributed by atoms with E-state index in [-0.39, 0.29) is 17.7 Å². The zero-order chi connectivity index (χ0) is 29.5. The van der Waals surface area contributed by atoms with Gasteiger partial charge in [0.05, 0.1) is 5.56 Å². The van der Waals surface area contributed by atoms with E-state index in [1.54, 1.807) is 23.1 Å². The van der Waals surface area contributed by atoms with Crippen LogP contribution in [0, 0.1) is 0 Å². The highest BCUT2D eigenvalue weighted by molar-refractivity contribution is 6.30. The second-order valence-corrected chi connectivity index (χ2v) is 11.0. The Morgan fingerprint density at radius 1 is 0.952 bits per heavy atom. The summed E-state index contributed by atoms with van der Waals surface area (Å²) in [6.07, 6.45) is 1.20. The first-order valence-electron chi connectivity index (χ1n) is 14.4. The lowest BCUT2D eigenvalue weighted by atomic mass is 9.93. The number of carbonyl (C=O) groups is 3. The Morgan fingerprint density at radius 3 is 2.43 bits per heavy atom. The lowest BCUT2D eigenvalue weighted by Crippen LogP contribution is -2.57. The zero-order valence-corrected chi connectivity index (χ0v) is 24.3. The van der Waals surface area contributed by atoms with Crippen LogP contribution in [0.25, 0.3) is 0 Å². The van der Waals surface area contributed by atoms with Crippen LogP contribution in [-0.4, -0.2) is 74.5 Å². The number of nitrogens with one attached hydrogen (secondary N) is 3. The average Bonchev–Trinajstić information content (AvgIpc) is 3.03. The first kappa shape index (κ1) is 29.6. The normalized spacial score (nSPS) is 17.2. The van der Waals surface area contributed by atoms with Crippen molar-refractivity contribution in [1.82, 2.24) is 20.9 Å². The number of nitrogens with zero attached hydrogens (tertiary/aromatic N) is 2. The van der Waals surface area contributed by atoms with E-state index in [9.17, 15) is 14.4 Å². The van der Waals surface area contributed by atoms with E-state index in [1.807, 2.05) is 54.6 Å². The van der Waals surface area contributed by atoms with E-state index in [2.05, 4.69) is 20.9 Å². The van der Waals surface area contributed by atoms with Gasteiger partial charge < -0.3 is 31.5 Å². The van der Waals surface area contributed by atoms with Crippen LogP contribution < -0.4 is 26.6 Å². The van der Waals surface area contributed by atoms with E-state index in [0.717, 1.165) is 28.8 Å². The van der Waals surface area contributed by atoms with Gasteiger partial charge in [-0.15, -0.1) is 0 Å². The summed E-state index contributed by atoms with van der Waals surface area (Å²) in [5, 5.41) is 9.84. The molecule has 9 nitrogen and oxygen atoms in total. The van der Waals surface area contributed by atoms with Crippen LogP contribution in [0.3, 0.4) is 0 Å². The van der Waals surface area contributed by atoms with Gasteiger partial charge in [0.1, 0.15) is 12.1 Å². The Hall–Kier alpha value is -3.92. The maximum atomic E-state index is 13.9. The summed E-state index contributed by atoms with van der Waals surface area (Å²) in [6, 6.07) is 21.5. The number of carbonyl (C=O) groups excluding carboxylic acids is 3. The molecule has 0 radical (unpaired) electrons. The maximum absolute atomic E-state index is 13.9. The smallest absolute Gasteiger partial charge is 0.253 e. The van der Waals surface area contributed by atoms with E-state index >= 15 is 0 Å². The van der Waals surface area contributed by atoms with Crippen molar-refractivity contribution in [2.75, 3.05) is 50.7 Å². The van der Waals surface area contributed by atoms with Crippen LogP contribution in [0.4, 0.5) is 5.69 Å². The minimum absolute atomic E-state index is 0.129. The lowest BCUT2D eigenvalue weighted by Gasteiger charge is -2.38. The van der Waals surface area contributed by atoms with Gasteiger partial charge in [-0.1, -0.05) is 60.1 Å². The third-order valence-corrected chi connectivity index (χ3v) is 8.10. The SMILES string of the molecule is NCCNC(=O)c1ccccc1N1CCN(C(=O)[C@@H](Cc2ccc(Cl)cc2)NC(=O)C2NCCc3ccccc32)CC1. The standard InChI is InChI=1S/C32H37ClN6O3/c33-24-11-9-22(10-12-24)21-27(37-31(41)29-25-6-2-1-5-23(25)13-15-35-29)32(42)39-19-17-38(18-20-39)28-8-4-3-7-26(28)30(40)36-16-14-34/h1-12,27,29,35H,13-21,34H2,(H,36,40)(H,37,41)/t27-,29?/m1/s1. The molecule has 2 heterocycles. The van der Waals surface area contributed by atoms with Crippen molar-refractivity contribution in [3.63, 3.8) is 0 Å². The summed E-state index contributed by atoms with van der Waals surface area (Å²) in [7, 11) is 0. The van der Waals surface area contributed by atoms with Gasteiger partial charge in [-0.2, -0.15) is 0 Å². The third-order valence-electron chi connectivity index (χ3n) is 7.85. The molecule has 5 N–H and O–H groups in total.